The Kier molecular flexibility index (Phi) is 5.63. The van der Waals surface area contributed by atoms with E-state index in [1.54, 1.807) is 19.1 Å². The fourth-order valence-electron chi connectivity index (χ4n) is 3.22. The largest absolute Gasteiger partial charge is 0.493 e. The summed E-state index contributed by atoms with van der Waals surface area (Å²) in [4.78, 5) is 25.8. The number of ketones is 1. The second kappa shape index (κ2) is 8.11. The van der Waals surface area contributed by atoms with Crippen molar-refractivity contribution in [3.8, 4) is 11.5 Å². The van der Waals surface area contributed by atoms with Gasteiger partial charge in [-0.25, -0.2) is 0 Å². The van der Waals surface area contributed by atoms with E-state index in [1.165, 1.54) is 13.0 Å². The second-order valence-electron chi connectivity index (χ2n) is 6.53. The van der Waals surface area contributed by atoms with E-state index in [9.17, 15) is 9.59 Å². The number of nitrogens with one attached hydrogen (secondary N) is 2. The van der Waals surface area contributed by atoms with E-state index in [0.29, 0.717) is 30.3 Å². The molecule has 1 atom stereocenters. The van der Waals surface area contributed by atoms with Crippen molar-refractivity contribution in [1.29, 1.82) is 0 Å². The topological polar surface area (TPSA) is 96.5 Å². The van der Waals surface area contributed by atoms with Gasteiger partial charge in [0.2, 0.25) is 0 Å². The molecule has 1 aromatic carbocycles. The number of rotatable bonds is 6. The Balaban J connectivity index is 1.67. The lowest BCUT2D eigenvalue weighted by Gasteiger charge is -2.33. The number of aromatic nitrogens is 2. The molecule has 1 fully saturated rings. The van der Waals surface area contributed by atoms with Gasteiger partial charge in [-0.05, 0) is 31.0 Å². The van der Waals surface area contributed by atoms with Crippen LogP contribution in [0, 0.1) is 0 Å². The average Bonchev–Trinajstić information content (AvgIpc) is 3.18. The monoisotopic (exact) mass is 372 g/mol. The van der Waals surface area contributed by atoms with Crippen molar-refractivity contribution in [2.45, 2.75) is 25.8 Å². The zero-order valence-electron chi connectivity index (χ0n) is 15.7. The number of benzene rings is 1. The standard InChI is InChI=1S/C19H24N4O4/c1-12(24)15-10-16(22-21-15)19(25)23-8-4-5-14(11-23)20-13-6-7-17(26-2)18(9-13)27-3/h6-7,9-10,14,20H,4-5,8,11H2,1-3H3,(H,21,22)/t14-/m1/s1. The third kappa shape index (κ3) is 4.21. The van der Waals surface area contributed by atoms with E-state index in [0.717, 1.165) is 18.5 Å². The van der Waals surface area contributed by atoms with E-state index < -0.39 is 0 Å². The van der Waals surface area contributed by atoms with Crippen molar-refractivity contribution in [1.82, 2.24) is 15.1 Å². The van der Waals surface area contributed by atoms with Crippen LogP contribution in [0.25, 0.3) is 0 Å². The van der Waals surface area contributed by atoms with Gasteiger partial charge in [0.25, 0.3) is 5.91 Å². The quantitative estimate of drug-likeness (QED) is 0.756. The van der Waals surface area contributed by atoms with Crippen molar-refractivity contribution in [2.75, 3.05) is 32.6 Å². The van der Waals surface area contributed by atoms with E-state index in [1.807, 2.05) is 18.2 Å². The molecular weight excluding hydrogens is 348 g/mol. The summed E-state index contributed by atoms with van der Waals surface area (Å²) in [6, 6.07) is 7.29. The maximum atomic E-state index is 12.7. The van der Waals surface area contributed by atoms with Gasteiger partial charge < -0.3 is 19.7 Å². The van der Waals surface area contributed by atoms with Crippen LogP contribution >= 0.6 is 0 Å². The van der Waals surface area contributed by atoms with Crippen molar-refractivity contribution in [2.24, 2.45) is 0 Å². The van der Waals surface area contributed by atoms with Gasteiger partial charge >= 0.3 is 0 Å². The molecule has 0 saturated carbocycles. The van der Waals surface area contributed by atoms with E-state index in [2.05, 4.69) is 15.5 Å². The molecule has 8 nitrogen and oxygen atoms in total. The third-order valence-corrected chi connectivity index (χ3v) is 4.63. The minimum absolute atomic E-state index is 0.121. The van der Waals surface area contributed by atoms with Crippen LogP contribution in [0.1, 0.15) is 40.7 Å². The highest BCUT2D eigenvalue weighted by Gasteiger charge is 2.26. The first-order chi connectivity index (χ1) is 13.0. The fourth-order valence-corrected chi connectivity index (χ4v) is 3.22. The van der Waals surface area contributed by atoms with Gasteiger partial charge in [0, 0.05) is 37.8 Å². The average molecular weight is 372 g/mol. The van der Waals surface area contributed by atoms with Crippen LogP contribution in [-0.4, -0.2) is 60.1 Å². The summed E-state index contributed by atoms with van der Waals surface area (Å²) in [5.41, 5.74) is 1.52. The number of H-pyrrole nitrogens is 1. The number of Topliss-reactive ketones (excluding diaryl/α,β-unsaturated/α-hetero) is 1. The summed E-state index contributed by atoms with van der Waals surface area (Å²) in [7, 11) is 3.20. The molecule has 1 amide bonds. The summed E-state index contributed by atoms with van der Waals surface area (Å²) in [5.74, 6) is 1.01. The third-order valence-electron chi connectivity index (χ3n) is 4.63. The number of aromatic amines is 1. The first kappa shape index (κ1) is 18.8. The molecular formula is C19H24N4O4. The van der Waals surface area contributed by atoms with Crippen LogP contribution in [0.4, 0.5) is 5.69 Å². The van der Waals surface area contributed by atoms with Crippen LogP contribution in [0.2, 0.25) is 0 Å². The Hall–Kier alpha value is -3.03. The molecule has 0 spiro atoms. The van der Waals surface area contributed by atoms with Gasteiger partial charge in [-0.1, -0.05) is 0 Å². The SMILES string of the molecule is COc1ccc(N[C@@H]2CCCN(C(=O)c3cc(C(C)=O)n[nH]3)C2)cc1OC. The molecule has 144 valence electrons. The fraction of sp³-hybridized carbons (Fsp3) is 0.421. The first-order valence-electron chi connectivity index (χ1n) is 8.86. The molecule has 1 aliphatic rings. The summed E-state index contributed by atoms with van der Waals surface area (Å²) >= 11 is 0. The molecule has 0 unspecified atom stereocenters. The van der Waals surface area contributed by atoms with Crippen molar-refractivity contribution < 1.29 is 19.1 Å². The maximum absolute atomic E-state index is 12.7. The van der Waals surface area contributed by atoms with E-state index in [-0.39, 0.29) is 23.4 Å². The Morgan fingerprint density at radius 2 is 2.00 bits per heavy atom. The number of hydrogen-bond donors (Lipinski definition) is 2. The minimum atomic E-state index is -0.169. The first-order valence-corrected chi connectivity index (χ1v) is 8.86. The molecule has 2 heterocycles. The van der Waals surface area contributed by atoms with E-state index in [4.69, 9.17) is 9.47 Å². The number of ether oxygens (including phenoxy) is 2. The highest BCUT2D eigenvalue weighted by Crippen LogP contribution is 2.30. The molecule has 1 saturated heterocycles. The minimum Gasteiger partial charge on any atom is -0.493 e. The number of hydrogen-bond acceptors (Lipinski definition) is 6. The molecule has 2 N–H and O–H groups in total. The molecule has 27 heavy (non-hydrogen) atoms. The summed E-state index contributed by atoms with van der Waals surface area (Å²) in [5, 5.41) is 10.0. The molecule has 1 aromatic heterocycles. The Morgan fingerprint density at radius 1 is 1.22 bits per heavy atom. The van der Waals surface area contributed by atoms with Crippen LogP contribution in [0.3, 0.4) is 0 Å². The molecule has 3 rings (SSSR count). The number of amides is 1. The molecule has 0 radical (unpaired) electrons. The van der Waals surface area contributed by atoms with Gasteiger partial charge in [0.15, 0.2) is 17.3 Å². The zero-order valence-corrected chi connectivity index (χ0v) is 15.7. The predicted octanol–water partition coefficient (Wildman–Crippen LogP) is 2.35. The highest BCUT2D eigenvalue weighted by atomic mass is 16.5. The van der Waals surface area contributed by atoms with Crippen LogP contribution in [0.5, 0.6) is 11.5 Å². The van der Waals surface area contributed by atoms with Crippen LogP contribution < -0.4 is 14.8 Å². The predicted molar refractivity (Wildman–Crippen MR) is 101 cm³/mol. The number of anilines is 1. The lowest BCUT2D eigenvalue weighted by atomic mass is 10.0. The summed E-state index contributed by atoms with van der Waals surface area (Å²) in [6.45, 7) is 2.67. The number of methoxy groups -OCH3 is 2. The Bertz CT molecular complexity index is 833. The molecule has 0 aliphatic carbocycles. The molecule has 1 aliphatic heterocycles. The summed E-state index contributed by atoms with van der Waals surface area (Å²) < 4.78 is 10.6. The number of nitrogens with zero attached hydrogens (tertiary/aromatic N) is 2. The number of carbonyl (C=O) groups is 2. The number of likely N-dealkylation sites (tertiary alicyclic amines) is 1. The lowest BCUT2D eigenvalue weighted by molar-refractivity contribution is 0.0708. The van der Waals surface area contributed by atoms with Gasteiger partial charge in [0.1, 0.15) is 11.4 Å². The number of carbonyl (C=O) groups excluding carboxylic acids is 2. The van der Waals surface area contributed by atoms with Crippen molar-refractivity contribution >= 4 is 17.4 Å². The summed E-state index contributed by atoms with van der Waals surface area (Å²) in [6.07, 6.45) is 1.85. The number of piperidine rings is 1. The highest BCUT2D eigenvalue weighted by molar-refractivity contribution is 5.97. The maximum Gasteiger partial charge on any atom is 0.271 e. The van der Waals surface area contributed by atoms with Gasteiger partial charge in [0.05, 0.1) is 14.2 Å². The van der Waals surface area contributed by atoms with Gasteiger partial charge in [-0.2, -0.15) is 5.10 Å². The normalized spacial score (nSPS) is 16.7. The van der Waals surface area contributed by atoms with Crippen LogP contribution in [-0.2, 0) is 0 Å². The van der Waals surface area contributed by atoms with E-state index >= 15 is 0 Å². The Morgan fingerprint density at radius 3 is 2.67 bits per heavy atom. The van der Waals surface area contributed by atoms with Gasteiger partial charge in [-0.15, -0.1) is 0 Å². The zero-order chi connectivity index (χ0) is 19.4. The van der Waals surface area contributed by atoms with Gasteiger partial charge in [-0.3, -0.25) is 14.7 Å². The molecule has 8 heteroatoms. The lowest BCUT2D eigenvalue weighted by Crippen LogP contribution is -2.45. The van der Waals surface area contributed by atoms with Crippen molar-refractivity contribution in [3.05, 3.63) is 35.7 Å². The smallest absolute Gasteiger partial charge is 0.271 e. The second-order valence-corrected chi connectivity index (χ2v) is 6.53. The molecule has 0 bridgehead atoms. The van der Waals surface area contributed by atoms with Crippen LogP contribution in [0.15, 0.2) is 24.3 Å². The van der Waals surface area contributed by atoms with Crippen molar-refractivity contribution in [3.63, 3.8) is 0 Å². The molecule has 2 aromatic rings. The Labute approximate surface area is 157 Å².